The van der Waals surface area contributed by atoms with Crippen molar-refractivity contribution < 1.29 is 14.3 Å². The molecule has 0 radical (unpaired) electrons. The van der Waals surface area contributed by atoms with E-state index in [-0.39, 0.29) is 5.91 Å². The molecule has 1 heterocycles. The molecule has 5 heteroatoms. The second-order valence-electron chi connectivity index (χ2n) is 6.24. The molecule has 1 N–H and O–H groups in total. The maximum Gasteiger partial charge on any atom is 0.234 e. The Labute approximate surface area is 137 Å². The molecule has 1 amide bonds. The number of benzene rings is 1. The summed E-state index contributed by atoms with van der Waals surface area (Å²) >= 11 is 0. The zero-order chi connectivity index (χ0) is 16.1. The maximum absolute atomic E-state index is 12.3. The van der Waals surface area contributed by atoms with Crippen molar-refractivity contribution in [2.45, 2.75) is 44.9 Å². The molecule has 1 saturated heterocycles. The monoisotopic (exact) mass is 318 g/mol. The third-order valence-corrected chi connectivity index (χ3v) is 4.64. The van der Waals surface area contributed by atoms with Crippen molar-refractivity contribution in [2.75, 3.05) is 26.3 Å². The molecule has 3 rings (SSSR count). The first-order valence-electron chi connectivity index (χ1n) is 8.60. The number of ether oxygens (including phenoxy) is 2. The lowest BCUT2D eigenvalue weighted by molar-refractivity contribution is -0.126. The normalized spacial score (nSPS) is 24.2. The van der Waals surface area contributed by atoms with Gasteiger partial charge >= 0.3 is 0 Å². The van der Waals surface area contributed by atoms with Gasteiger partial charge in [0.25, 0.3) is 0 Å². The largest absolute Gasteiger partial charge is 0.494 e. The summed E-state index contributed by atoms with van der Waals surface area (Å²) in [6.45, 7) is 5.22. The van der Waals surface area contributed by atoms with Crippen LogP contribution in [0.1, 0.15) is 31.7 Å². The van der Waals surface area contributed by atoms with E-state index >= 15 is 0 Å². The first-order chi connectivity index (χ1) is 11.3. The number of morpholine rings is 1. The van der Waals surface area contributed by atoms with Gasteiger partial charge in [-0.1, -0.05) is 12.1 Å². The lowest BCUT2D eigenvalue weighted by Gasteiger charge is -2.37. The lowest BCUT2D eigenvalue weighted by atomic mass is 10.1. The van der Waals surface area contributed by atoms with E-state index in [1.807, 2.05) is 31.2 Å². The van der Waals surface area contributed by atoms with Gasteiger partial charge in [-0.3, -0.25) is 9.69 Å². The summed E-state index contributed by atoms with van der Waals surface area (Å²) in [5, 5.41) is 3.02. The minimum atomic E-state index is 0.0827. The van der Waals surface area contributed by atoms with Gasteiger partial charge in [0.15, 0.2) is 0 Å². The molecule has 0 unspecified atom stereocenters. The van der Waals surface area contributed by atoms with E-state index in [2.05, 4.69) is 10.2 Å². The van der Waals surface area contributed by atoms with Gasteiger partial charge in [0, 0.05) is 19.1 Å². The summed E-state index contributed by atoms with van der Waals surface area (Å²) in [7, 11) is 0. The first kappa shape index (κ1) is 16.3. The molecule has 126 valence electrons. The zero-order valence-electron chi connectivity index (χ0n) is 13.8. The highest BCUT2D eigenvalue weighted by Crippen LogP contribution is 2.29. The summed E-state index contributed by atoms with van der Waals surface area (Å²) in [5.41, 5.74) is 1.06. The zero-order valence-corrected chi connectivity index (χ0v) is 13.8. The van der Waals surface area contributed by atoms with E-state index < -0.39 is 0 Å². The van der Waals surface area contributed by atoms with Crippen molar-refractivity contribution in [3.8, 4) is 5.75 Å². The fourth-order valence-electron chi connectivity index (χ4n) is 3.55. The van der Waals surface area contributed by atoms with Crippen LogP contribution in [0.4, 0.5) is 0 Å². The number of hydrogen-bond acceptors (Lipinski definition) is 4. The van der Waals surface area contributed by atoms with Gasteiger partial charge in [-0.05, 0) is 43.9 Å². The molecular weight excluding hydrogens is 292 g/mol. The molecule has 2 fully saturated rings. The topological polar surface area (TPSA) is 50.8 Å². The Morgan fingerprint density at radius 1 is 1.43 bits per heavy atom. The number of hydrogen-bond donors (Lipinski definition) is 1. The number of nitrogens with zero attached hydrogens (tertiary/aromatic N) is 1. The van der Waals surface area contributed by atoms with Crippen LogP contribution in [-0.2, 0) is 16.1 Å². The minimum absolute atomic E-state index is 0.0827. The standard InChI is InChI=1S/C18H26N2O3/c1-2-22-15-6-3-5-14(11-15)12-19-18(21)13-20-9-10-23-17-8-4-7-16(17)20/h3,5-6,11,16-17H,2,4,7-10,12-13H2,1H3,(H,19,21)/t16-,17-/m1/s1. The molecule has 5 nitrogen and oxygen atoms in total. The molecule has 1 saturated carbocycles. The van der Waals surface area contributed by atoms with Crippen molar-refractivity contribution in [3.05, 3.63) is 29.8 Å². The van der Waals surface area contributed by atoms with Crippen molar-refractivity contribution in [1.29, 1.82) is 0 Å². The number of rotatable bonds is 6. The Morgan fingerprint density at radius 2 is 2.35 bits per heavy atom. The molecule has 1 aliphatic carbocycles. The Balaban J connectivity index is 1.48. The fraction of sp³-hybridized carbons (Fsp3) is 0.611. The number of nitrogens with one attached hydrogen (secondary N) is 1. The van der Waals surface area contributed by atoms with Crippen molar-refractivity contribution >= 4 is 5.91 Å². The Kier molecular flexibility index (Phi) is 5.51. The summed E-state index contributed by atoms with van der Waals surface area (Å²) in [6, 6.07) is 8.30. The van der Waals surface area contributed by atoms with Gasteiger partial charge in [-0.25, -0.2) is 0 Å². The Morgan fingerprint density at radius 3 is 3.22 bits per heavy atom. The van der Waals surface area contributed by atoms with Gasteiger partial charge in [0.05, 0.1) is 25.9 Å². The van der Waals surface area contributed by atoms with Gasteiger partial charge < -0.3 is 14.8 Å². The molecule has 23 heavy (non-hydrogen) atoms. The van der Waals surface area contributed by atoms with E-state index in [1.165, 1.54) is 6.42 Å². The van der Waals surface area contributed by atoms with Crippen LogP contribution in [0.25, 0.3) is 0 Å². The molecule has 0 spiro atoms. The second-order valence-corrected chi connectivity index (χ2v) is 6.24. The van der Waals surface area contributed by atoms with Crippen molar-refractivity contribution in [2.24, 2.45) is 0 Å². The summed E-state index contributed by atoms with van der Waals surface area (Å²) < 4.78 is 11.3. The fourth-order valence-corrected chi connectivity index (χ4v) is 3.55. The third-order valence-electron chi connectivity index (χ3n) is 4.64. The van der Waals surface area contributed by atoms with Gasteiger partial charge in [0.2, 0.25) is 5.91 Å². The highest BCUT2D eigenvalue weighted by atomic mass is 16.5. The summed E-state index contributed by atoms with van der Waals surface area (Å²) in [5.74, 6) is 0.931. The van der Waals surface area contributed by atoms with Crippen LogP contribution in [-0.4, -0.2) is 49.3 Å². The van der Waals surface area contributed by atoms with Gasteiger partial charge in [-0.2, -0.15) is 0 Å². The molecule has 1 aromatic rings. The molecule has 2 atom stereocenters. The van der Waals surface area contributed by atoms with E-state index in [4.69, 9.17) is 9.47 Å². The van der Waals surface area contributed by atoms with E-state index in [9.17, 15) is 4.79 Å². The smallest absolute Gasteiger partial charge is 0.234 e. The average Bonchev–Trinajstić information content (AvgIpc) is 3.03. The molecule has 0 aromatic heterocycles. The predicted octanol–water partition coefficient (Wildman–Crippen LogP) is 1.95. The minimum Gasteiger partial charge on any atom is -0.494 e. The Bertz CT molecular complexity index is 535. The van der Waals surface area contributed by atoms with Crippen LogP contribution in [0.2, 0.25) is 0 Å². The van der Waals surface area contributed by atoms with Crippen molar-refractivity contribution in [3.63, 3.8) is 0 Å². The van der Waals surface area contributed by atoms with E-state index in [0.29, 0.717) is 31.8 Å². The number of amides is 1. The number of fused-ring (bicyclic) bond motifs is 1. The summed E-state index contributed by atoms with van der Waals surface area (Å²) in [6.07, 6.45) is 3.82. The van der Waals surface area contributed by atoms with Gasteiger partial charge in [0.1, 0.15) is 5.75 Å². The van der Waals surface area contributed by atoms with Crippen LogP contribution in [0.5, 0.6) is 5.75 Å². The number of carbonyl (C=O) groups is 1. The Hall–Kier alpha value is -1.59. The molecular formula is C18H26N2O3. The molecule has 2 aliphatic rings. The number of carbonyl (C=O) groups excluding carboxylic acids is 1. The first-order valence-corrected chi connectivity index (χ1v) is 8.60. The predicted molar refractivity (Wildman–Crippen MR) is 88.4 cm³/mol. The van der Waals surface area contributed by atoms with Gasteiger partial charge in [-0.15, -0.1) is 0 Å². The maximum atomic E-state index is 12.3. The van der Waals surface area contributed by atoms with Crippen LogP contribution in [0.15, 0.2) is 24.3 Å². The quantitative estimate of drug-likeness (QED) is 0.871. The average molecular weight is 318 g/mol. The SMILES string of the molecule is CCOc1cccc(CNC(=O)CN2CCO[C@@H]3CCC[C@H]32)c1. The highest BCUT2D eigenvalue weighted by molar-refractivity contribution is 5.78. The van der Waals surface area contributed by atoms with Crippen LogP contribution in [0, 0.1) is 0 Å². The van der Waals surface area contributed by atoms with Crippen LogP contribution < -0.4 is 10.1 Å². The molecule has 1 aliphatic heterocycles. The lowest BCUT2D eigenvalue weighted by Crippen LogP contribution is -2.51. The van der Waals surface area contributed by atoms with E-state index in [1.54, 1.807) is 0 Å². The molecule has 1 aromatic carbocycles. The highest BCUT2D eigenvalue weighted by Gasteiger charge is 2.36. The second kappa shape index (κ2) is 7.79. The third kappa shape index (κ3) is 4.24. The van der Waals surface area contributed by atoms with Crippen molar-refractivity contribution in [1.82, 2.24) is 10.2 Å². The van der Waals surface area contributed by atoms with Crippen LogP contribution in [0.3, 0.4) is 0 Å². The van der Waals surface area contributed by atoms with E-state index in [0.717, 1.165) is 37.3 Å². The molecule has 0 bridgehead atoms. The summed E-state index contributed by atoms with van der Waals surface area (Å²) in [4.78, 5) is 14.5. The van der Waals surface area contributed by atoms with Crippen LogP contribution >= 0.6 is 0 Å².